The first kappa shape index (κ1) is 7.78. The second-order valence-corrected chi connectivity index (χ2v) is 2.72. The van der Waals surface area contributed by atoms with Crippen molar-refractivity contribution in [2.45, 2.75) is 13.0 Å². The standard InChI is InChI=1S/C7H7N3O3/c11-5-1-2-10-4(9-5)3-8-6(10)7(12)13/h3H,1-2H2,(H,9,11)(H,12,13). The van der Waals surface area contributed by atoms with Crippen LogP contribution < -0.4 is 5.32 Å². The quantitative estimate of drug-likeness (QED) is 0.634. The number of carboxylic acid groups (broad SMARTS) is 1. The first-order valence-corrected chi connectivity index (χ1v) is 3.77. The highest BCUT2D eigenvalue weighted by atomic mass is 16.4. The number of carboxylic acids is 1. The number of aromatic nitrogens is 2. The van der Waals surface area contributed by atoms with Gasteiger partial charge in [-0.3, -0.25) is 4.79 Å². The molecule has 2 N–H and O–H groups in total. The smallest absolute Gasteiger partial charge is 0.372 e. The van der Waals surface area contributed by atoms with Crippen molar-refractivity contribution in [1.29, 1.82) is 0 Å². The van der Waals surface area contributed by atoms with Gasteiger partial charge in [-0.2, -0.15) is 0 Å². The largest absolute Gasteiger partial charge is 0.475 e. The maximum atomic E-state index is 10.9. The summed E-state index contributed by atoms with van der Waals surface area (Å²) < 4.78 is 1.48. The van der Waals surface area contributed by atoms with Gasteiger partial charge in [0.05, 0.1) is 6.20 Å². The van der Waals surface area contributed by atoms with E-state index in [9.17, 15) is 9.59 Å². The summed E-state index contributed by atoms with van der Waals surface area (Å²) in [6, 6.07) is 0. The Kier molecular flexibility index (Phi) is 1.54. The lowest BCUT2D eigenvalue weighted by Crippen LogP contribution is -2.24. The molecule has 0 radical (unpaired) electrons. The molecule has 0 fully saturated rings. The van der Waals surface area contributed by atoms with Crippen molar-refractivity contribution in [2.75, 3.05) is 5.32 Å². The summed E-state index contributed by atoms with van der Waals surface area (Å²) in [5, 5.41) is 11.2. The second-order valence-electron chi connectivity index (χ2n) is 2.72. The van der Waals surface area contributed by atoms with Crippen molar-refractivity contribution >= 4 is 17.7 Å². The molecule has 1 amide bonds. The molecule has 2 rings (SSSR count). The van der Waals surface area contributed by atoms with Crippen LogP contribution in [0.25, 0.3) is 0 Å². The van der Waals surface area contributed by atoms with Crippen molar-refractivity contribution in [3.8, 4) is 0 Å². The van der Waals surface area contributed by atoms with Crippen LogP contribution in [0.2, 0.25) is 0 Å². The zero-order chi connectivity index (χ0) is 9.42. The van der Waals surface area contributed by atoms with Gasteiger partial charge in [0.2, 0.25) is 11.7 Å². The van der Waals surface area contributed by atoms with Crippen LogP contribution in [-0.2, 0) is 11.3 Å². The molecule has 1 aliphatic rings. The number of carbonyl (C=O) groups excluding carboxylic acids is 1. The first-order chi connectivity index (χ1) is 6.18. The monoisotopic (exact) mass is 181 g/mol. The summed E-state index contributed by atoms with van der Waals surface area (Å²) in [7, 11) is 0. The van der Waals surface area contributed by atoms with E-state index in [1.165, 1.54) is 10.8 Å². The Labute approximate surface area is 73.2 Å². The zero-order valence-electron chi connectivity index (χ0n) is 6.65. The lowest BCUT2D eigenvalue weighted by molar-refractivity contribution is -0.116. The molecule has 0 atom stereocenters. The average molecular weight is 181 g/mol. The summed E-state index contributed by atoms with van der Waals surface area (Å²) in [4.78, 5) is 25.2. The number of nitrogens with one attached hydrogen (secondary N) is 1. The Morgan fingerprint density at radius 1 is 1.69 bits per heavy atom. The van der Waals surface area contributed by atoms with Gasteiger partial charge in [0.1, 0.15) is 5.82 Å². The molecule has 6 heteroatoms. The Bertz CT molecular complexity index is 382. The van der Waals surface area contributed by atoms with Crippen LogP contribution in [-0.4, -0.2) is 26.5 Å². The summed E-state index contributed by atoms with van der Waals surface area (Å²) >= 11 is 0. The van der Waals surface area contributed by atoms with Crippen LogP contribution in [0.4, 0.5) is 5.82 Å². The predicted molar refractivity (Wildman–Crippen MR) is 42.4 cm³/mol. The lowest BCUT2D eigenvalue weighted by Gasteiger charge is -2.15. The van der Waals surface area contributed by atoms with Gasteiger partial charge in [0.25, 0.3) is 0 Å². The molecule has 2 heterocycles. The van der Waals surface area contributed by atoms with Gasteiger partial charge in [-0.1, -0.05) is 0 Å². The van der Waals surface area contributed by atoms with Crippen molar-refractivity contribution in [1.82, 2.24) is 9.55 Å². The van der Waals surface area contributed by atoms with Gasteiger partial charge in [-0.15, -0.1) is 0 Å². The topological polar surface area (TPSA) is 84.2 Å². The first-order valence-electron chi connectivity index (χ1n) is 3.77. The van der Waals surface area contributed by atoms with E-state index in [1.807, 2.05) is 0 Å². The minimum atomic E-state index is -1.08. The maximum Gasteiger partial charge on any atom is 0.372 e. The molecule has 0 saturated heterocycles. The summed E-state index contributed by atoms with van der Waals surface area (Å²) in [6.07, 6.45) is 1.64. The highest BCUT2D eigenvalue weighted by Gasteiger charge is 2.21. The Morgan fingerprint density at radius 2 is 2.46 bits per heavy atom. The predicted octanol–water partition coefficient (Wildman–Crippen LogP) is -0.0765. The molecule has 6 nitrogen and oxygen atoms in total. The number of anilines is 1. The van der Waals surface area contributed by atoms with E-state index in [2.05, 4.69) is 10.3 Å². The molecule has 0 saturated carbocycles. The number of fused-ring (bicyclic) bond motifs is 1. The van der Waals surface area contributed by atoms with Gasteiger partial charge in [0.15, 0.2) is 0 Å². The van der Waals surface area contributed by atoms with Gasteiger partial charge >= 0.3 is 5.97 Å². The maximum absolute atomic E-state index is 10.9. The zero-order valence-corrected chi connectivity index (χ0v) is 6.65. The molecule has 0 spiro atoms. The molecule has 1 aromatic heterocycles. The number of hydrogen-bond donors (Lipinski definition) is 2. The molecular formula is C7H7N3O3. The van der Waals surface area contributed by atoms with E-state index in [1.54, 1.807) is 0 Å². The van der Waals surface area contributed by atoms with E-state index in [0.717, 1.165) is 0 Å². The van der Waals surface area contributed by atoms with Crippen LogP contribution in [0, 0.1) is 0 Å². The lowest BCUT2D eigenvalue weighted by atomic mass is 10.3. The SMILES string of the molecule is O=C1CCn2c(cnc2C(=O)O)N1. The number of aromatic carboxylic acids is 1. The van der Waals surface area contributed by atoms with Crippen molar-refractivity contribution in [2.24, 2.45) is 0 Å². The molecule has 0 bridgehead atoms. The third-order valence-electron chi connectivity index (χ3n) is 1.88. The van der Waals surface area contributed by atoms with E-state index < -0.39 is 5.97 Å². The average Bonchev–Trinajstić information content (AvgIpc) is 2.46. The van der Waals surface area contributed by atoms with E-state index in [-0.39, 0.29) is 11.7 Å². The molecular weight excluding hydrogens is 174 g/mol. The van der Waals surface area contributed by atoms with Crippen molar-refractivity contribution in [3.63, 3.8) is 0 Å². The minimum absolute atomic E-state index is 0.0324. The van der Waals surface area contributed by atoms with Gasteiger partial charge < -0.3 is 15.0 Å². The van der Waals surface area contributed by atoms with Gasteiger partial charge in [0, 0.05) is 13.0 Å². The van der Waals surface area contributed by atoms with Crippen LogP contribution in [0.1, 0.15) is 17.0 Å². The van der Waals surface area contributed by atoms with E-state index in [4.69, 9.17) is 5.11 Å². The highest BCUT2D eigenvalue weighted by Crippen LogP contribution is 2.16. The number of amides is 1. The van der Waals surface area contributed by atoms with E-state index >= 15 is 0 Å². The van der Waals surface area contributed by atoms with Crippen molar-refractivity contribution < 1.29 is 14.7 Å². The normalized spacial score (nSPS) is 14.9. The molecule has 1 aromatic rings. The fraction of sp³-hybridized carbons (Fsp3) is 0.286. The molecule has 1 aliphatic heterocycles. The van der Waals surface area contributed by atoms with Gasteiger partial charge in [-0.25, -0.2) is 9.78 Å². The van der Waals surface area contributed by atoms with Crippen LogP contribution >= 0.6 is 0 Å². The highest BCUT2D eigenvalue weighted by molar-refractivity contribution is 5.92. The molecule has 68 valence electrons. The molecule has 13 heavy (non-hydrogen) atoms. The van der Waals surface area contributed by atoms with Crippen LogP contribution in [0.3, 0.4) is 0 Å². The number of carbonyl (C=O) groups is 2. The summed E-state index contributed by atoms with van der Waals surface area (Å²) in [5.41, 5.74) is 0. The third-order valence-corrected chi connectivity index (χ3v) is 1.88. The van der Waals surface area contributed by atoms with Gasteiger partial charge in [-0.05, 0) is 0 Å². The Balaban J connectivity index is 2.44. The molecule has 0 aromatic carbocycles. The van der Waals surface area contributed by atoms with Crippen molar-refractivity contribution in [3.05, 3.63) is 12.0 Å². The van der Waals surface area contributed by atoms with E-state index in [0.29, 0.717) is 18.8 Å². The second kappa shape index (κ2) is 2.58. The number of hydrogen-bond acceptors (Lipinski definition) is 3. The summed E-state index contributed by atoms with van der Waals surface area (Å²) in [6.45, 7) is 0.378. The molecule has 0 aliphatic carbocycles. The minimum Gasteiger partial charge on any atom is -0.475 e. The van der Waals surface area contributed by atoms with Crippen LogP contribution in [0.15, 0.2) is 6.20 Å². The number of rotatable bonds is 1. The number of nitrogens with zero attached hydrogens (tertiary/aromatic N) is 2. The molecule has 0 unspecified atom stereocenters. The fourth-order valence-electron chi connectivity index (χ4n) is 1.29. The third kappa shape index (κ3) is 1.16. The number of imidazole rings is 1. The summed E-state index contributed by atoms with van der Waals surface area (Å²) in [5.74, 6) is -0.768. The fourth-order valence-corrected chi connectivity index (χ4v) is 1.29. The Hall–Kier alpha value is -1.85. The van der Waals surface area contributed by atoms with Crippen LogP contribution in [0.5, 0.6) is 0 Å². The Morgan fingerprint density at radius 3 is 3.15 bits per heavy atom.